The fraction of sp³-hybridized carbons (Fsp3) is 0.0833. The van der Waals surface area contributed by atoms with Crippen molar-refractivity contribution in [3.05, 3.63) is 56.4 Å². The quantitative estimate of drug-likeness (QED) is 0.639. The standard InChI is InChI=1S/C12H9BrN2O5/c13-9-5-7(1-3-10(9)15(18)19)14-6-8-2-4-11(20-8)12(16)17/h1-5,14H,6H2,(H,16,17). The summed E-state index contributed by atoms with van der Waals surface area (Å²) in [5, 5.41) is 22.4. The fourth-order valence-corrected chi connectivity index (χ4v) is 2.07. The maximum Gasteiger partial charge on any atom is 0.371 e. The van der Waals surface area contributed by atoms with Gasteiger partial charge in [-0.1, -0.05) is 0 Å². The minimum Gasteiger partial charge on any atom is -0.475 e. The molecule has 1 heterocycles. The highest BCUT2D eigenvalue weighted by molar-refractivity contribution is 9.10. The monoisotopic (exact) mass is 340 g/mol. The predicted molar refractivity (Wildman–Crippen MR) is 73.8 cm³/mol. The van der Waals surface area contributed by atoms with E-state index in [0.717, 1.165) is 0 Å². The van der Waals surface area contributed by atoms with Crippen molar-refractivity contribution in [1.29, 1.82) is 0 Å². The number of rotatable bonds is 5. The minimum atomic E-state index is -1.13. The highest BCUT2D eigenvalue weighted by Gasteiger charge is 2.12. The molecule has 0 bridgehead atoms. The van der Waals surface area contributed by atoms with E-state index in [2.05, 4.69) is 21.2 Å². The first-order valence-electron chi connectivity index (χ1n) is 5.47. The van der Waals surface area contributed by atoms with Gasteiger partial charge in [0.15, 0.2) is 0 Å². The Balaban J connectivity index is 2.05. The molecule has 20 heavy (non-hydrogen) atoms. The summed E-state index contributed by atoms with van der Waals surface area (Å²) in [4.78, 5) is 20.8. The first kappa shape index (κ1) is 14.1. The van der Waals surface area contributed by atoms with Crippen molar-refractivity contribution < 1.29 is 19.2 Å². The van der Waals surface area contributed by atoms with E-state index < -0.39 is 10.9 Å². The van der Waals surface area contributed by atoms with Crippen molar-refractivity contribution >= 4 is 33.3 Å². The zero-order valence-corrected chi connectivity index (χ0v) is 11.6. The molecule has 0 saturated heterocycles. The van der Waals surface area contributed by atoms with Gasteiger partial charge in [0.05, 0.1) is 15.9 Å². The average molecular weight is 341 g/mol. The van der Waals surface area contributed by atoms with E-state index in [-0.39, 0.29) is 18.0 Å². The van der Waals surface area contributed by atoms with Gasteiger partial charge in [0.2, 0.25) is 5.76 Å². The third-order valence-electron chi connectivity index (χ3n) is 2.48. The summed E-state index contributed by atoms with van der Waals surface area (Å²) < 4.78 is 5.44. The van der Waals surface area contributed by atoms with E-state index >= 15 is 0 Å². The Morgan fingerprint density at radius 3 is 2.70 bits per heavy atom. The van der Waals surface area contributed by atoms with Gasteiger partial charge in [-0.3, -0.25) is 10.1 Å². The van der Waals surface area contributed by atoms with Gasteiger partial charge in [0.25, 0.3) is 5.69 Å². The number of carboxylic acids is 1. The lowest BCUT2D eigenvalue weighted by atomic mass is 10.3. The molecular formula is C12H9BrN2O5. The molecule has 7 nitrogen and oxygen atoms in total. The van der Waals surface area contributed by atoms with Crippen molar-refractivity contribution in [3.63, 3.8) is 0 Å². The number of nitrogens with zero attached hydrogens (tertiary/aromatic N) is 1. The van der Waals surface area contributed by atoms with Crippen LogP contribution in [0.3, 0.4) is 0 Å². The normalized spacial score (nSPS) is 10.2. The second-order valence-corrected chi connectivity index (χ2v) is 4.70. The number of nitrogens with one attached hydrogen (secondary N) is 1. The summed E-state index contributed by atoms with van der Waals surface area (Å²) in [7, 11) is 0. The molecule has 0 aliphatic carbocycles. The van der Waals surface area contributed by atoms with Crippen LogP contribution in [0.1, 0.15) is 16.3 Å². The van der Waals surface area contributed by atoms with Crippen LogP contribution in [0.25, 0.3) is 0 Å². The number of anilines is 1. The van der Waals surface area contributed by atoms with Gasteiger partial charge in [-0.25, -0.2) is 4.79 Å². The molecule has 8 heteroatoms. The third-order valence-corrected chi connectivity index (χ3v) is 3.12. The fourth-order valence-electron chi connectivity index (χ4n) is 1.54. The highest BCUT2D eigenvalue weighted by Crippen LogP contribution is 2.27. The molecule has 0 spiro atoms. The van der Waals surface area contributed by atoms with Crippen molar-refractivity contribution in [3.8, 4) is 0 Å². The summed E-state index contributed by atoms with van der Waals surface area (Å²) >= 11 is 3.11. The molecule has 0 fully saturated rings. The lowest BCUT2D eigenvalue weighted by Gasteiger charge is -2.05. The van der Waals surface area contributed by atoms with E-state index in [4.69, 9.17) is 9.52 Å². The van der Waals surface area contributed by atoms with E-state index in [9.17, 15) is 14.9 Å². The van der Waals surface area contributed by atoms with Gasteiger partial charge in [0, 0.05) is 11.8 Å². The van der Waals surface area contributed by atoms with Crippen LogP contribution in [-0.2, 0) is 6.54 Å². The van der Waals surface area contributed by atoms with Crippen LogP contribution in [-0.4, -0.2) is 16.0 Å². The van der Waals surface area contributed by atoms with Crippen LogP contribution in [0, 0.1) is 10.1 Å². The molecule has 0 amide bonds. The van der Waals surface area contributed by atoms with Crippen LogP contribution in [0.2, 0.25) is 0 Å². The number of nitro benzene ring substituents is 1. The number of hydrogen-bond acceptors (Lipinski definition) is 5. The Hall–Kier alpha value is -2.35. The smallest absolute Gasteiger partial charge is 0.371 e. The average Bonchev–Trinajstić information content (AvgIpc) is 2.85. The van der Waals surface area contributed by atoms with Gasteiger partial charge in [-0.2, -0.15) is 0 Å². The minimum absolute atomic E-state index is 0.0262. The SMILES string of the molecule is O=C(O)c1ccc(CNc2ccc([N+](=O)[O-])c(Br)c2)o1. The van der Waals surface area contributed by atoms with Gasteiger partial charge >= 0.3 is 5.97 Å². The number of halogens is 1. The molecule has 0 unspecified atom stereocenters. The number of furan rings is 1. The number of benzene rings is 1. The second-order valence-electron chi connectivity index (χ2n) is 3.85. The molecule has 0 saturated carbocycles. The number of carbonyl (C=O) groups is 1. The molecule has 0 aliphatic heterocycles. The molecule has 0 atom stereocenters. The molecule has 2 rings (SSSR count). The number of aromatic carboxylic acids is 1. The van der Waals surface area contributed by atoms with Crippen molar-refractivity contribution in [2.24, 2.45) is 0 Å². The molecule has 1 aromatic heterocycles. The highest BCUT2D eigenvalue weighted by atomic mass is 79.9. The van der Waals surface area contributed by atoms with Crippen LogP contribution >= 0.6 is 15.9 Å². The molecular weight excluding hydrogens is 332 g/mol. The Labute approximate surface area is 121 Å². The number of hydrogen-bond donors (Lipinski definition) is 2. The van der Waals surface area contributed by atoms with Crippen LogP contribution in [0.5, 0.6) is 0 Å². The largest absolute Gasteiger partial charge is 0.475 e. The lowest BCUT2D eigenvalue weighted by molar-refractivity contribution is -0.385. The zero-order chi connectivity index (χ0) is 14.7. The summed E-state index contributed by atoms with van der Waals surface area (Å²) in [6, 6.07) is 7.42. The molecule has 2 N–H and O–H groups in total. The van der Waals surface area contributed by atoms with Crippen LogP contribution in [0.4, 0.5) is 11.4 Å². The van der Waals surface area contributed by atoms with Gasteiger partial charge in [-0.15, -0.1) is 0 Å². The molecule has 0 radical (unpaired) electrons. The lowest BCUT2D eigenvalue weighted by Crippen LogP contribution is -1.99. The predicted octanol–water partition coefficient (Wildman–Crippen LogP) is 3.26. The van der Waals surface area contributed by atoms with E-state index in [0.29, 0.717) is 15.9 Å². The molecule has 2 aromatic rings. The van der Waals surface area contributed by atoms with E-state index in [1.165, 1.54) is 12.1 Å². The summed E-state index contributed by atoms with van der Waals surface area (Å²) in [5.74, 6) is -0.808. The van der Waals surface area contributed by atoms with Gasteiger partial charge < -0.3 is 14.8 Å². The third kappa shape index (κ3) is 3.15. The maximum absolute atomic E-state index is 10.7. The summed E-state index contributed by atoms with van der Waals surface area (Å²) in [6.45, 7) is 0.275. The van der Waals surface area contributed by atoms with E-state index in [1.807, 2.05) is 0 Å². The molecule has 0 aliphatic rings. The van der Waals surface area contributed by atoms with Crippen LogP contribution < -0.4 is 5.32 Å². The van der Waals surface area contributed by atoms with Gasteiger partial charge in [-0.05, 0) is 40.2 Å². The Bertz CT molecular complexity index is 668. The Morgan fingerprint density at radius 2 is 2.15 bits per heavy atom. The summed E-state index contributed by atoms with van der Waals surface area (Å²) in [6.07, 6.45) is 0. The first-order chi connectivity index (χ1) is 9.47. The topological polar surface area (TPSA) is 106 Å². The van der Waals surface area contributed by atoms with E-state index in [1.54, 1.807) is 18.2 Å². The van der Waals surface area contributed by atoms with Gasteiger partial charge in [0.1, 0.15) is 5.76 Å². The zero-order valence-electron chi connectivity index (χ0n) is 10.00. The van der Waals surface area contributed by atoms with Crippen molar-refractivity contribution in [2.45, 2.75) is 6.54 Å². The number of nitro groups is 1. The van der Waals surface area contributed by atoms with Crippen molar-refractivity contribution in [2.75, 3.05) is 5.32 Å². The second kappa shape index (κ2) is 5.74. The first-order valence-corrected chi connectivity index (χ1v) is 6.26. The molecule has 104 valence electrons. The van der Waals surface area contributed by atoms with Crippen LogP contribution in [0.15, 0.2) is 39.2 Å². The maximum atomic E-state index is 10.7. The summed E-state index contributed by atoms with van der Waals surface area (Å²) in [5.41, 5.74) is 0.623. The Kier molecular flexibility index (Phi) is 4.04. The molecule has 1 aromatic carbocycles. The van der Waals surface area contributed by atoms with Crippen molar-refractivity contribution in [1.82, 2.24) is 0 Å². The number of carboxylic acid groups (broad SMARTS) is 1. The Morgan fingerprint density at radius 1 is 1.40 bits per heavy atom.